The largest absolute Gasteiger partial charge is 0.494 e. The van der Waals surface area contributed by atoms with Crippen LogP contribution in [0.15, 0.2) is 109 Å². The summed E-state index contributed by atoms with van der Waals surface area (Å²) < 4.78 is 11.2. The molecule has 1 amide bonds. The number of carbonyl (C=O) groups excluding carboxylic acids is 1. The second-order valence-corrected chi connectivity index (χ2v) is 11.0. The van der Waals surface area contributed by atoms with Gasteiger partial charge in [-0.2, -0.15) is 0 Å². The Kier molecular flexibility index (Phi) is 7.37. The molecule has 41 heavy (non-hydrogen) atoms. The molecule has 0 bridgehead atoms. The molecule has 0 aliphatic rings. The van der Waals surface area contributed by atoms with Gasteiger partial charge < -0.3 is 14.8 Å². The van der Waals surface area contributed by atoms with E-state index in [0.29, 0.717) is 16.4 Å². The third-order valence-corrected chi connectivity index (χ3v) is 8.58. The highest BCUT2D eigenvalue weighted by molar-refractivity contribution is 7.23. The topological polar surface area (TPSA) is 85.4 Å². The third kappa shape index (κ3) is 5.01. The number of nitrogens with zero attached hydrogens (tertiary/aromatic N) is 2. The van der Waals surface area contributed by atoms with Gasteiger partial charge >= 0.3 is 6.09 Å². The number of anilines is 2. The first-order valence-electron chi connectivity index (χ1n) is 12.9. The van der Waals surface area contributed by atoms with Crippen molar-refractivity contribution < 1.29 is 14.3 Å². The van der Waals surface area contributed by atoms with Crippen molar-refractivity contribution in [2.45, 2.75) is 5.54 Å². The molecule has 0 radical (unpaired) electrons. The van der Waals surface area contributed by atoms with Crippen molar-refractivity contribution in [3.05, 3.63) is 125 Å². The fraction of sp³-hybridized carbons (Fsp3) is 0.0938. The number of hydrogen-bond donors (Lipinski definition) is 2. The van der Waals surface area contributed by atoms with Crippen LogP contribution in [0.25, 0.3) is 21.5 Å². The van der Waals surface area contributed by atoms with Gasteiger partial charge in [0.2, 0.25) is 0 Å². The second kappa shape index (κ2) is 11.4. The van der Waals surface area contributed by atoms with Crippen molar-refractivity contribution in [1.29, 1.82) is 0 Å². The molecule has 0 spiro atoms. The van der Waals surface area contributed by atoms with E-state index in [1.54, 1.807) is 7.11 Å². The van der Waals surface area contributed by atoms with Gasteiger partial charge in [-0.3, -0.25) is 5.32 Å². The van der Waals surface area contributed by atoms with Gasteiger partial charge in [-0.1, -0.05) is 102 Å². The average Bonchev–Trinajstić information content (AvgIpc) is 3.67. The monoisotopic (exact) mass is 578 g/mol. The lowest BCUT2D eigenvalue weighted by Crippen LogP contribution is -2.38. The zero-order valence-electron chi connectivity index (χ0n) is 22.3. The Bertz CT molecular complexity index is 1690. The lowest BCUT2D eigenvalue weighted by Gasteiger charge is -2.36. The molecule has 4 aromatic carbocycles. The third-order valence-electron chi connectivity index (χ3n) is 6.82. The van der Waals surface area contributed by atoms with Crippen molar-refractivity contribution in [3.8, 4) is 17.0 Å². The Morgan fingerprint density at radius 2 is 1.34 bits per heavy atom. The Labute approximate surface area is 245 Å². The Morgan fingerprint density at radius 1 is 0.756 bits per heavy atom. The summed E-state index contributed by atoms with van der Waals surface area (Å²) in [6.07, 6.45) is -0.580. The summed E-state index contributed by atoms with van der Waals surface area (Å²) in [5.74, 6) is 0.614. The molecule has 2 N–H and O–H groups in total. The van der Waals surface area contributed by atoms with Gasteiger partial charge in [0.05, 0.1) is 24.6 Å². The maximum Gasteiger partial charge on any atom is 0.413 e. The van der Waals surface area contributed by atoms with Gasteiger partial charge in [0.1, 0.15) is 16.8 Å². The summed E-state index contributed by atoms with van der Waals surface area (Å²) >= 11 is 2.88. The van der Waals surface area contributed by atoms with Crippen molar-refractivity contribution in [2.24, 2.45) is 0 Å². The predicted octanol–water partition coefficient (Wildman–Crippen LogP) is 8.01. The zero-order valence-corrected chi connectivity index (χ0v) is 24.0. The molecule has 2 aromatic heterocycles. The summed E-state index contributed by atoms with van der Waals surface area (Å²) in [6.45, 7) is 0. The van der Waals surface area contributed by atoms with Crippen LogP contribution in [0.5, 0.6) is 5.75 Å². The van der Waals surface area contributed by atoms with Crippen molar-refractivity contribution in [1.82, 2.24) is 9.97 Å². The minimum atomic E-state index is -0.684. The highest BCUT2D eigenvalue weighted by atomic mass is 32.1. The number of thiazole rings is 2. The van der Waals surface area contributed by atoms with E-state index in [9.17, 15) is 4.79 Å². The Balaban J connectivity index is 1.47. The minimum absolute atomic E-state index is 0.419. The van der Waals surface area contributed by atoms with Crippen LogP contribution in [0.2, 0.25) is 0 Å². The number of amides is 1. The van der Waals surface area contributed by atoms with E-state index >= 15 is 0 Å². The molecule has 9 heteroatoms. The van der Waals surface area contributed by atoms with Gasteiger partial charge in [0.25, 0.3) is 0 Å². The standard InChI is InChI=1S/C32H26N4O3S2/c1-38-26-19-18-24(28-27(26)34-29(41-28)35-31(37)39-2)25-20-40-30(33-25)36-32(21-12-6-3-7-13-21,22-14-8-4-9-15-22)23-16-10-5-11-17-23/h3-20H,1-2H3,(H,33,36)(H,34,35,37). The van der Waals surface area contributed by atoms with Crippen LogP contribution in [0.1, 0.15) is 16.7 Å². The molecule has 204 valence electrons. The van der Waals surface area contributed by atoms with E-state index in [1.807, 2.05) is 35.7 Å². The molecular weight excluding hydrogens is 553 g/mol. The molecule has 6 rings (SSSR count). The number of aromatic nitrogens is 2. The fourth-order valence-corrected chi connectivity index (χ4v) is 6.69. The molecule has 0 atom stereocenters. The Morgan fingerprint density at radius 3 is 1.88 bits per heavy atom. The normalized spacial score (nSPS) is 11.3. The van der Waals surface area contributed by atoms with Crippen LogP contribution in [0.4, 0.5) is 15.1 Å². The average molecular weight is 579 g/mol. The number of benzene rings is 4. The van der Waals surface area contributed by atoms with Crippen LogP contribution in [0, 0.1) is 0 Å². The number of rotatable bonds is 8. The molecule has 0 saturated carbocycles. The van der Waals surface area contributed by atoms with Crippen molar-refractivity contribution >= 4 is 49.2 Å². The van der Waals surface area contributed by atoms with E-state index in [1.165, 1.54) is 29.8 Å². The first-order valence-corrected chi connectivity index (χ1v) is 14.5. The Hall–Kier alpha value is -4.73. The second-order valence-electron chi connectivity index (χ2n) is 9.14. The molecule has 7 nitrogen and oxygen atoms in total. The maximum absolute atomic E-state index is 11.8. The highest BCUT2D eigenvalue weighted by Crippen LogP contribution is 2.43. The van der Waals surface area contributed by atoms with Crippen LogP contribution in [-0.2, 0) is 10.3 Å². The number of hydrogen-bond acceptors (Lipinski definition) is 8. The number of carbonyl (C=O) groups is 1. The molecule has 0 aliphatic heterocycles. The maximum atomic E-state index is 11.8. The molecule has 0 fully saturated rings. The molecule has 2 heterocycles. The quantitative estimate of drug-likeness (QED) is 0.178. The molecule has 0 aliphatic carbocycles. The summed E-state index contributed by atoms with van der Waals surface area (Å²) in [5, 5.41) is 9.71. The number of fused-ring (bicyclic) bond motifs is 1. The summed E-state index contributed by atoms with van der Waals surface area (Å²) in [4.78, 5) is 21.5. The van der Waals surface area contributed by atoms with Crippen LogP contribution in [-0.4, -0.2) is 30.3 Å². The summed E-state index contributed by atoms with van der Waals surface area (Å²) in [6, 6.07) is 35.1. The van der Waals surface area contributed by atoms with Crippen LogP contribution < -0.4 is 15.4 Å². The fourth-order valence-electron chi connectivity index (χ4n) is 4.94. The van der Waals surface area contributed by atoms with Gasteiger partial charge in [0.15, 0.2) is 10.3 Å². The molecule has 6 aromatic rings. The molecule has 0 saturated heterocycles. The van der Waals surface area contributed by atoms with Crippen molar-refractivity contribution in [2.75, 3.05) is 24.9 Å². The smallest absolute Gasteiger partial charge is 0.413 e. The predicted molar refractivity (Wildman–Crippen MR) is 166 cm³/mol. The first kappa shape index (κ1) is 26.5. The van der Waals surface area contributed by atoms with E-state index < -0.39 is 11.6 Å². The van der Waals surface area contributed by atoms with E-state index in [0.717, 1.165) is 37.8 Å². The van der Waals surface area contributed by atoms with Crippen LogP contribution >= 0.6 is 22.7 Å². The SMILES string of the molecule is COC(=O)Nc1nc2c(OC)ccc(-c3csc(NC(c4ccccc4)(c4ccccc4)c4ccccc4)n3)c2s1. The summed E-state index contributed by atoms with van der Waals surface area (Å²) in [7, 11) is 2.92. The van der Waals surface area contributed by atoms with E-state index in [2.05, 4.69) is 88.4 Å². The van der Waals surface area contributed by atoms with Gasteiger partial charge in [-0.05, 0) is 28.8 Å². The van der Waals surface area contributed by atoms with E-state index in [4.69, 9.17) is 14.5 Å². The van der Waals surface area contributed by atoms with Crippen molar-refractivity contribution in [3.63, 3.8) is 0 Å². The van der Waals surface area contributed by atoms with E-state index in [-0.39, 0.29) is 0 Å². The van der Waals surface area contributed by atoms with Gasteiger partial charge in [0, 0.05) is 10.9 Å². The first-order chi connectivity index (χ1) is 20.1. The molecule has 0 unspecified atom stereocenters. The van der Waals surface area contributed by atoms with Gasteiger partial charge in [-0.25, -0.2) is 14.8 Å². The zero-order chi connectivity index (χ0) is 28.2. The number of nitrogens with one attached hydrogen (secondary N) is 2. The lowest BCUT2D eigenvalue weighted by molar-refractivity contribution is 0.187. The highest BCUT2D eigenvalue weighted by Gasteiger charge is 2.37. The van der Waals surface area contributed by atoms with Gasteiger partial charge in [-0.15, -0.1) is 11.3 Å². The molecular formula is C32H26N4O3S2. The number of ether oxygens (including phenoxy) is 2. The summed E-state index contributed by atoms with van der Waals surface area (Å²) in [5.41, 5.74) is 4.95. The minimum Gasteiger partial charge on any atom is -0.494 e. The lowest BCUT2D eigenvalue weighted by atomic mass is 9.77. The van der Waals surface area contributed by atoms with Crippen LogP contribution in [0.3, 0.4) is 0 Å². The number of methoxy groups -OCH3 is 2.